The molecule has 0 N–H and O–H groups in total. The van der Waals surface area contributed by atoms with Crippen molar-refractivity contribution in [2.24, 2.45) is 0 Å². The fraction of sp³-hybridized carbons (Fsp3) is 0.143. The zero-order valence-electron chi connectivity index (χ0n) is 6.85. The van der Waals surface area contributed by atoms with Gasteiger partial charge in [-0.15, -0.1) is 0 Å². The molecule has 6 heteroatoms. The van der Waals surface area contributed by atoms with Crippen LogP contribution in [0.5, 0.6) is 0 Å². The second-order valence-corrected chi connectivity index (χ2v) is 3.19. The number of aryl methyl sites for hydroxylation is 1. The number of nitrogens with zero attached hydrogens (tertiary/aromatic N) is 5. The molecule has 0 fully saturated rings. The first-order valence-electron chi connectivity index (χ1n) is 3.62. The molecule has 0 saturated carbocycles. The number of hydrogen-bond acceptors (Lipinski definition) is 4. The molecule has 0 aromatic carbocycles. The van der Waals surface area contributed by atoms with Crippen molar-refractivity contribution in [3.8, 4) is 5.82 Å². The van der Waals surface area contributed by atoms with Crippen LogP contribution in [0.15, 0.2) is 23.5 Å². The fourth-order valence-electron chi connectivity index (χ4n) is 0.960. The third-order valence-electron chi connectivity index (χ3n) is 1.47. The van der Waals surface area contributed by atoms with Gasteiger partial charge in [-0.3, -0.25) is 0 Å². The number of rotatable bonds is 1. The van der Waals surface area contributed by atoms with E-state index in [1.807, 2.05) is 13.0 Å². The van der Waals surface area contributed by atoms with E-state index in [9.17, 15) is 0 Å². The molecule has 2 rings (SSSR count). The Labute approximate surface area is 83.0 Å². The van der Waals surface area contributed by atoms with Crippen LogP contribution in [0.4, 0.5) is 0 Å². The van der Waals surface area contributed by atoms with E-state index in [1.165, 1.54) is 6.33 Å². The fourth-order valence-corrected chi connectivity index (χ4v) is 1.42. The van der Waals surface area contributed by atoms with Gasteiger partial charge in [-0.05, 0) is 22.9 Å². The van der Waals surface area contributed by atoms with Gasteiger partial charge in [0.2, 0.25) is 0 Å². The van der Waals surface area contributed by atoms with Gasteiger partial charge in [-0.25, -0.2) is 19.6 Å². The van der Waals surface area contributed by atoms with Crippen LogP contribution in [0.3, 0.4) is 0 Å². The Morgan fingerprint density at radius 2 is 2.23 bits per heavy atom. The van der Waals surface area contributed by atoms with Crippen molar-refractivity contribution in [3.05, 3.63) is 29.1 Å². The molecule has 0 spiro atoms. The molecule has 0 radical (unpaired) electrons. The molecule has 0 aliphatic rings. The van der Waals surface area contributed by atoms with Crippen LogP contribution in [0.1, 0.15) is 5.69 Å². The van der Waals surface area contributed by atoms with Crippen molar-refractivity contribution in [1.29, 1.82) is 0 Å². The van der Waals surface area contributed by atoms with Gasteiger partial charge >= 0.3 is 0 Å². The lowest BCUT2D eigenvalue weighted by atomic mass is 10.4. The summed E-state index contributed by atoms with van der Waals surface area (Å²) in [6.45, 7) is 1.90. The summed E-state index contributed by atoms with van der Waals surface area (Å²) < 4.78 is 2.14. The van der Waals surface area contributed by atoms with Crippen LogP contribution < -0.4 is 0 Å². The second kappa shape index (κ2) is 3.21. The summed E-state index contributed by atoms with van der Waals surface area (Å²) in [6.07, 6.45) is 3.06. The molecule has 0 aliphatic heterocycles. The molecule has 0 amide bonds. The lowest BCUT2D eigenvalue weighted by molar-refractivity contribution is 0.826. The van der Waals surface area contributed by atoms with Crippen molar-refractivity contribution in [3.63, 3.8) is 0 Å². The molecule has 5 nitrogen and oxygen atoms in total. The van der Waals surface area contributed by atoms with Gasteiger partial charge in [0.1, 0.15) is 12.7 Å². The SMILES string of the molecule is Cc1cc(-n2cncn2)nc(Br)n1. The van der Waals surface area contributed by atoms with Crippen molar-refractivity contribution in [2.45, 2.75) is 6.92 Å². The standard InChI is InChI=1S/C7H6BrN5/c1-5-2-6(12-7(8)11-5)13-4-9-3-10-13/h2-4H,1H3. The minimum absolute atomic E-state index is 0.554. The van der Waals surface area contributed by atoms with Crippen LogP contribution in [0.25, 0.3) is 5.82 Å². The molecule has 0 aliphatic carbocycles. The molecular weight excluding hydrogens is 234 g/mol. The highest BCUT2D eigenvalue weighted by Gasteiger charge is 2.01. The summed E-state index contributed by atoms with van der Waals surface area (Å²) in [5, 5.41) is 3.96. The number of halogens is 1. The topological polar surface area (TPSA) is 56.5 Å². The highest BCUT2D eigenvalue weighted by molar-refractivity contribution is 9.10. The normalized spacial score (nSPS) is 10.3. The van der Waals surface area contributed by atoms with Gasteiger partial charge < -0.3 is 0 Å². The van der Waals surface area contributed by atoms with E-state index in [-0.39, 0.29) is 0 Å². The Balaban J connectivity index is 2.53. The van der Waals surface area contributed by atoms with Crippen LogP contribution in [-0.2, 0) is 0 Å². The van der Waals surface area contributed by atoms with Crippen molar-refractivity contribution < 1.29 is 0 Å². The van der Waals surface area contributed by atoms with Gasteiger partial charge in [0.05, 0.1) is 0 Å². The Hall–Kier alpha value is -1.30. The lowest BCUT2D eigenvalue weighted by Crippen LogP contribution is -2.00. The van der Waals surface area contributed by atoms with E-state index in [0.29, 0.717) is 10.6 Å². The van der Waals surface area contributed by atoms with Crippen LogP contribution in [0, 0.1) is 6.92 Å². The summed E-state index contributed by atoms with van der Waals surface area (Å²) in [6, 6.07) is 1.83. The highest BCUT2D eigenvalue weighted by Crippen LogP contribution is 2.08. The van der Waals surface area contributed by atoms with E-state index >= 15 is 0 Å². The van der Waals surface area contributed by atoms with E-state index in [1.54, 1.807) is 11.0 Å². The minimum atomic E-state index is 0.554. The lowest BCUT2D eigenvalue weighted by Gasteiger charge is -2.00. The predicted octanol–water partition coefficient (Wildman–Crippen LogP) is 1.13. The summed E-state index contributed by atoms with van der Waals surface area (Å²) >= 11 is 3.21. The molecule has 0 unspecified atom stereocenters. The van der Waals surface area contributed by atoms with Gasteiger partial charge in [0.15, 0.2) is 10.6 Å². The largest absolute Gasteiger partial charge is 0.227 e. The summed E-state index contributed by atoms with van der Waals surface area (Å²) in [7, 11) is 0. The maximum Gasteiger partial charge on any atom is 0.198 e. The Morgan fingerprint density at radius 1 is 1.38 bits per heavy atom. The molecule has 13 heavy (non-hydrogen) atoms. The monoisotopic (exact) mass is 239 g/mol. The first kappa shape index (κ1) is 8.31. The quantitative estimate of drug-likeness (QED) is 0.701. The third kappa shape index (κ3) is 1.72. The predicted molar refractivity (Wildman–Crippen MR) is 49.4 cm³/mol. The van der Waals surface area contributed by atoms with Crippen LogP contribution >= 0.6 is 15.9 Å². The molecule has 2 heterocycles. The molecular formula is C7H6BrN5. The maximum absolute atomic E-state index is 4.14. The van der Waals surface area contributed by atoms with E-state index in [0.717, 1.165) is 5.69 Å². The second-order valence-electron chi connectivity index (χ2n) is 2.48. The van der Waals surface area contributed by atoms with Crippen molar-refractivity contribution >= 4 is 15.9 Å². The Morgan fingerprint density at radius 3 is 2.85 bits per heavy atom. The van der Waals surface area contributed by atoms with Crippen molar-refractivity contribution in [2.75, 3.05) is 0 Å². The maximum atomic E-state index is 4.14. The third-order valence-corrected chi connectivity index (χ3v) is 1.82. The minimum Gasteiger partial charge on any atom is -0.227 e. The molecule has 2 aromatic rings. The van der Waals surface area contributed by atoms with Gasteiger partial charge in [-0.2, -0.15) is 5.10 Å². The van der Waals surface area contributed by atoms with E-state index in [4.69, 9.17) is 0 Å². The molecule has 66 valence electrons. The summed E-state index contributed by atoms with van der Waals surface area (Å²) in [5.74, 6) is 0.705. The Kier molecular flexibility index (Phi) is 2.05. The molecule has 0 atom stereocenters. The van der Waals surface area contributed by atoms with E-state index in [2.05, 4.69) is 36.0 Å². The number of hydrogen-bond donors (Lipinski definition) is 0. The Bertz CT molecular complexity index is 391. The molecule has 0 bridgehead atoms. The van der Waals surface area contributed by atoms with Gasteiger partial charge in [0, 0.05) is 11.8 Å². The average Bonchev–Trinajstić information content (AvgIpc) is 2.53. The summed E-state index contributed by atoms with van der Waals surface area (Å²) in [4.78, 5) is 12.1. The average molecular weight is 240 g/mol. The van der Waals surface area contributed by atoms with Crippen LogP contribution in [-0.4, -0.2) is 24.7 Å². The van der Waals surface area contributed by atoms with Gasteiger partial charge in [-0.1, -0.05) is 0 Å². The van der Waals surface area contributed by atoms with Crippen LogP contribution in [0.2, 0.25) is 0 Å². The van der Waals surface area contributed by atoms with E-state index < -0.39 is 0 Å². The zero-order valence-corrected chi connectivity index (χ0v) is 8.43. The van der Waals surface area contributed by atoms with Crippen molar-refractivity contribution in [1.82, 2.24) is 24.7 Å². The zero-order chi connectivity index (χ0) is 9.26. The molecule has 2 aromatic heterocycles. The number of aromatic nitrogens is 5. The summed E-state index contributed by atoms with van der Waals surface area (Å²) in [5.41, 5.74) is 0.882. The molecule has 0 saturated heterocycles. The first-order chi connectivity index (χ1) is 6.25. The first-order valence-corrected chi connectivity index (χ1v) is 4.41. The smallest absolute Gasteiger partial charge is 0.198 e. The highest BCUT2D eigenvalue weighted by atomic mass is 79.9. The van der Waals surface area contributed by atoms with Gasteiger partial charge in [0.25, 0.3) is 0 Å².